The van der Waals surface area contributed by atoms with E-state index in [1.807, 2.05) is 0 Å². The van der Waals surface area contributed by atoms with E-state index in [0.717, 1.165) is 0 Å². The quantitative estimate of drug-likeness (QED) is 0.282. The lowest BCUT2D eigenvalue weighted by atomic mass is 10.0. The Kier molecular flexibility index (Phi) is 7.09. The second-order valence-electron chi connectivity index (χ2n) is 4.20. The first kappa shape index (κ1) is 25.9. The van der Waals surface area contributed by atoms with E-state index in [2.05, 4.69) is 0 Å². The average molecular weight is 551 g/mol. The van der Waals surface area contributed by atoms with Crippen LogP contribution in [0, 0.1) is 9.85 Å². The molecule has 0 atom stereocenters. The summed E-state index contributed by atoms with van der Waals surface area (Å²) in [7, 11) is 0. The minimum absolute atomic E-state index is 0.253. The first-order valence-electron chi connectivity index (χ1n) is 5.40. The number of rotatable bonds is 2. The molecule has 0 spiro atoms. The molecule has 0 fully saturated rings. The Morgan fingerprint density at radius 3 is 1.15 bits per heavy atom. The summed E-state index contributed by atoms with van der Waals surface area (Å²) in [6.45, 7) is 0. The van der Waals surface area contributed by atoms with Crippen molar-refractivity contribution in [3.63, 3.8) is 0 Å². The molecule has 27 heavy (non-hydrogen) atoms. The normalized spacial score (nSPS) is 15.9. The van der Waals surface area contributed by atoms with Crippen LogP contribution in [0.1, 0.15) is 0 Å². The zero-order valence-electron chi connectivity index (χ0n) is 11.4. The van der Waals surface area contributed by atoms with Gasteiger partial charge in [0.25, 0.3) is 0 Å². The Labute approximate surface area is 147 Å². The van der Waals surface area contributed by atoms with Crippen molar-refractivity contribution in [2.45, 2.75) is 36.0 Å². The minimum atomic E-state index is -7.13. The van der Waals surface area contributed by atoms with E-state index in [1.54, 1.807) is 0 Å². The zero-order valence-corrected chi connectivity index (χ0v) is 13.6. The Morgan fingerprint density at radius 1 is 0.556 bits per heavy atom. The lowest BCUT2D eigenvalue weighted by molar-refractivity contribution is -0.538. The van der Waals surface area contributed by atoms with Crippen molar-refractivity contribution in [2.24, 2.45) is 0 Å². The van der Waals surface area contributed by atoms with E-state index in [4.69, 9.17) is 0 Å². The summed E-state index contributed by atoms with van der Waals surface area (Å²) >= 11 is -3.81. The van der Waals surface area contributed by atoms with Crippen molar-refractivity contribution >= 4 is 0 Å². The molecule has 0 unspecified atom stereocenters. The summed E-state index contributed by atoms with van der Waals surface area (Å²) in [5, 5.41) is 0. The van der Waals surface area contributed by atoms with Crippen LogP contribution in [0.3, 0.4) is 0 Å². The maximum Gasteiger partial charge on any atom is 0.456 e. The molecule has 0 saturated carbocycles. The van der Waals surface area contributed by atoms with Gasteiger partial charge in [-0.2, -0.15) is 57.1 Å². The van der Waals surface area contributed by atoms with Crippen LogP contribution < -0.4 is 21.2 Å². The summed E-state index contributed by atoms with van der Waals surface area (Å²) in [6.07, 6.45) is -27.8. The Balaban J connectivity index is 6.14. The summed E-state index contributed by atoms with van der Waals surface area (Å²) in [4.78, 5) is 0. The van der Waals surface area contributed by atoms with Gasteiger partial charge in [0.2, 0.25) is 5.83 Å². The molecule has 17 heteroatoms. The maximum absolute atomic E-state index is 13.1. The molecular formula is C10F16I+. The van der Waals surface area contributed by atoms with Gasteiger partial charge in [-0.25, -0.2) is 8.78 Å². The van der Waals surface area contributed by atoms with Crippen molar-refractivity contribution < 1.29 is 91.5 Å². The average Bonchev–Trinajstić information content (AvgIpc) is 2.40. The molecule has 0 nitrogen and oxygen atoms in total. The van der Waals surface area contributed by atoms with Crippen molar-refractivity contribution in [2.75, 3.05) is 0 Å². The van der Waals surface area contributed by atoms with Crippen LogP contribution in [0.25, 0.3) is 0 Å². The molecule has 0 aromatic rings. The zero-order chi connectivity index (χ0) is 22.3. The van der Waals surface area contributed by atoms with Gasteiger partial charge in [0.1, 0.15) is 0 Å². The third-order valence-corrected chi connectivity index (χ3v) is 3.87. The summed E-state index contributed by atoms with van der Waals surface area (Å²) in [5.74, 6) is -4.47. The highest BCUT2D eigenvalue weighted by Crippen LogP contribution is 2.51. The monoisotopic (exact) mass is 551 g/mol. The molecule has 0 aromatic carbocycles. The predicted molar refractivity (Wildman–Crippen MR) is 48.9 cm³/mol. The van der Waals surface area contributed by atoms with E-state index >= 15 is 0 Å². The predicted octanol–water partition coefficient (Wildman–Crippen LogP) is 2.81. The van der Waals surface area contributed by atoms with Crippen molar-refractivity contribution in [1.29, 1.82) is 0 Å². The van der Waals surface area contributed by atoms with Gasteiger partial charge in [-0.1, -0.05) is 0 Å². The molecule has 0 heterocycles. The summed E-state index contributed by atoms with van der Waals surface area (Å²) < 4.78 is 194. The smallest absolute Gasteiger partial charge is 0.215 e. The van der Waals surface area contributed by atoms with Crippen LogP contribution in [-0.4, -0.2) is 36.0 Å². The minimum Gasteiger partial charge on any atom is -0.215 e. The summed E-state index contributed by atoms with van der Waals surface area (Å²) in [5.41, 5.74) is -13.3. The Hall–Kier alpha value is -1.09. The highest BCUT2D eigenvalue weighted by Gasteiger charge is 2.78. The third kappa shape index (κ3) is 4.85. The highest BCUT2D eigenvalue weighted by atomic mass is 127. The number of hydrogen-bond acceptors (Lipinski definition) is 0. The molecule has 0 bridgehead atoms. The van der Waals surface area contributed by atoms with E-state index in [1.165, 1.54) is 0 Å². The molecule has 0 aromatic heterocycles. The fourth-order valence-corrected chi connectivity index (χ4v) is 2.37. The molecule has 0 rings (SSSR count). The number of allylic oxidation sites excluding steroid dienone is 1. The summed E-state index contributed by atoms with van der Waals surface area (Å²) in [6, 6.07) is 0. The first-order valence-corrected chi connectivity index (χ1v) is 7.56. The molecule has 0 amide bonds. The number of hydrogen-bond donors (Lipinski definition) is 0. The topological polar surface area (TPSA) is 0 Å². The lowest BCUT2D eigenvalue weighted by Crippen LogP contribution is -3.58. The molecule has 0 aliphatic carbocycles. The fraction of sp³-hybridized carbons (Fsp3) is 0.600. The Morgan fingerprint density at radius 2 is 0.889 bits per heavy atom. The van der Waals surface area contributed by atoms with Crippen LogP contribution >= 0.6 is 0 Å². The molecule has 0 radical (unpaired) electrons. The fourth-order valence-electron chi connectivity index (χ4n) is 1.01. The molecular weight excluding hydrogens is 551 g/mol. The van der Waals surface area contributed by atoms with Crippen molar-refractivity contribution in [3.8, 4) is 9.85 Å². The molecule has 0 N–H and O–H groups in total. The molecule has 0 saturated heterocycles. The van der Waals surface area contributed by atoms with Gasteiger partial charge in [-0.15, -0.1) is 4.39 Å². The Bertz CT molecular complexity index is 604. The van der Waals surface area contributed by atoms with Crippen LogP contribution in [0.5, 0.6) is 0 Å². The van der Waals surface area contributed by atoms with Crippen molar-refractivity contribution in [3.05, 3.63) is 9.66 Å². The second-order valence-corrected chi connectivity index (χ2v) is 6.22. The first-order chi connectivity index (χ1) is 11.5. The number of alkyl halides is 14. The number of halogens is 17. The van der Waals surface area contributed by atoms with E-state index in [-0.39, 0.29) is 5.92 Å². The molecule has 0 aliphatic rings. The van der Waals surface area contributed by atoms with Gasteiger partial charge in [0.05, 0.1) is 0 Å². The van der Waals surface area contributed by atoms with E-state index in [0.29, 0.717) is 3.93 Å². The standard InChI is InChI=1S/C10F16I/c11-3(6(14,9(21,22)23)10(24,25)26)4(12)27-2-1-5(13,7(15,16)17)8(18,19)20/q+1/b4-3-. The van der Waals surface area contributed by atoms with Crippen molar-refractivity contribution in [1.82, 2.24) is 0 Å². The van der Waals surface area contributed by atoms with Gasteiger partial charge in [-0.3, -0.25) is 0 Å². The SMILES string of the molecule is F/C([I+]C#CC(F)(C(F)(F)F)C(F)(F)F)=C(/F)C(F)(C(F)(F)F)C(F)(F)F. The van der Waals surface area contributed by atoms with Gasteiger partial charge in [0, 0.05) is 5.92 Å². The van der Waals surface area contributed by atoms with Gasteiger partial charge >= 0.3 is 61.1 Å². The highest BCUT2D eigenvalue weighted by molar-refractivity contribution is 5.20. The molecule has 0 aliphatic heterocycles. The van der Waals surface area contributed by atoms with Crippen LogP contribution in [0.4, 0.5) is 70.2 Å². The lowest BCUT2D eigenvalue weighted by Gasteiger charge is -2.27. The second kappa shape index (κ2) is 7.39. The van der Waals surface area contributed by atoms with Crippen LogP contribution in [-0.2, 0) is 0 Å². The van der Waals surface area contributed by atoms with E-state index < -0.39 is 66.9 Å². The third-order valence-electron chi connectivity index (χ3n) is 2.38. The van der Waals surface area contributed by atoms with E-state index in [9.17, 15) is 70.2 Å². The largest absolute Gasteiger partial charge is 0.456 e. The van der Waals surface area contributed by atoms with Crippen LogP contribution in [0.15, 0.2) is 9.66 Å². The maximum atomic E-state index is 13.1. The van der Waals surface area contributed by atoms with Gasteiger partial charge in [0.15, 0.2) is 3.93 Å². The molecule has 158 valence electrons. The van der Waals surface area contributed by atoms with Gasteiger partial charge in [-0.05, 0) is 0 Å². The van der Waals surface area contributed by atoms with Gasteiger partial charge < -0.3 is 0 Å². The van der Waals surface area contributed by atoms with Crippen LogP contribution in [0.2, 0.25) is 0 Å².